The van der Waals surface area contributed by atoms with E-state index < -0.39 is 27.7 Å². The Morgan fingerprint density at radius 1 is 1.37 bits per heavy atom. The second kappa shape index (κ2) is 7.99. The number of hydrogen-bond acceptors (Lipinski definition) is 7. The van der Waals surface area contributed by atoms with E-state index in [2.05, 4.69) is 0 Å². The number of carbonyl (C=O) groups excluding carboxylic acids is 2. The third kappa shape index (κ3) is 4.33. The average molecular weight is 397 g/mol. The molecule has 2 N–H and O–H groups in total. The highest BCUT2D eigenvalue weighted by Gasteiger charge is 2.45. The third-order valence-electron chi connectivity index (χ3n) is 4.98. The Morgan fingerprint density at radius 3 is 2.59 bits per heavy atom. The monoisotopic (exact) mass is 397 g/mol. The van der Waals surface area contributed by atoms with Crippen molar-refractivity contribution in [1.82, 2.24) is 4.90 Å². The lowest BCUT2D eigenvalue weighted by Crippen LogP contribution is -2.48. The van der Waals surface area contributed by atoms with Gasteiger partial charge in [0.2, 0.25) is 0 Å². The van der Waals surface area contributed by atoms with Gasteiger partial charge in [0.05, 0.1) is 6.61 Å². The molecular formula is C17H24BNO7S. The average Bonchev–Trinajstić information content (AvgIpc) is 2.59. The lowest BCUT2D eigenvalue weighted by Gasteiger charge is -2.32. The maximum Gasteiger partial charge on any atom is 0.488 e. The fourth-order valence-corrected chi connectivity index (χ4v) is 3.83. The van der Waals surface area contributed by atoms with E-state index in [9.17, 15) is 28.1 Å². The molecular weight excluding hydrogens is 373 g/mol. The molecule has 2 rings (SSSR count). The van der Waals surface area contributed by atoms with Crippen molar-refractivity contribution < 1.29 is 32.8 Å². The molecule has 0 fully saturated rings. The second-order valence-corrected chi connectivity index (χ2v) is 9.25. The molecule has 10 heteroatoms. The van der Waals surface area contributed by atoms with Gasteiger partial charge in [0.1, 0.15) is 0 Å². The molecule has 27 heavy (non-hydrogen) atoms. The van der Waals surface area contributed by atoms with E-state index in [4.69, 9.17) is 4.74 Å². The van der Waals surface area contributed by atoms with Crippen LogP contribution in [0.5, 0.6) is 0 Å². The number of fused-ring (bicyclic) bond motifs is 1. The summed E-state index contributed by atoms with van der Waals surface area (Å²) >= 11 is 0. The zero-order valence-electron chi connectivity index (χ0n) is 15.6. The minimum atomic E-state index is -3.75. The number of amides is 1. The molecule has 1 atom stereocenters. The molecule has 0 aliphatic carbocycles. The highest BCUT2D eigenvalue weighted by atomic mass is 32.2. The Morgan fingerprint density at radius 2 is 2.04 bits per heavy atom. The number of nitrogens with zero attached hydrogens (tertiary/aromatic N) is 1. The van der Waals surface area contributed by atoms with Crippen LogP contribution in [0, 0.1) is 0 Å². The van der Waals surface area contributed by atoms with E-state index in [1.807, 2.05) is 0 Å². The van der Waals surface area contributed by atoms with Gasteiger partial charge in [0, 0.05) is 24.9 Å². The quantitative estimate of drug-likeness (QED) is 0.453. The minimum Gasteiger partial charge on any atom is -0.465 e. The molecule has 1 amide bonds. The van der Waals surface area contributed by atoms with E-state index in [1.165, 1.54) is 24.0 Å². The van der Waals surface area contributed by atoms with Crippen molar-refractivity contribution in [2.45, 2.75) is 31.4 Å². The van der Waals surface area contributed by atoms with Crippen LogP contribution >= 0.6 is 0 Å². The van der Waals surface area contributed by atoms with Gasteiger partial charge >= 0.3 is 13.1 Å². The highest BCUT2D eigenvalue weighted by Crippen LogP contribution is 2.25. The van der Waals surface area contributed by atoms with Gasteiger partial charge in [-0.25, -0.2) is 8.42 Å². The van der Waals surface area contributed by atoms with E-state index in [0.717, 1.165) is 6.26 Å². The van der Waals surface area contributed by atoms with Crippen LogP contribution < -0.4 is 5.46 Å². The SMILES string of the molecule is CCOC(=O)[C@@](C)(CCN1CCc2cc(B(O)O)ccc2C1=O)S(C)(=O)=O. The Hall–Kier alpha value is -1.91. The first kappa shape index (κ1) is 21.4. The van der Waals surface area contributed by atoms with Crippen molar-refractivity contribution in [1.29, 1.82) is 0 Å². The van der Waals surface area contributed by atoms with Crippen LogP contribution in [0.1, 0.15) is 36.2 Å². The first-order valence-corrected chi connectivity index (χ1v) is 10.6. The summed E-state index contributed by atoms with van der Waals surface area (Å²) in [6, 6.07) is 4.57. The third-order valence-corrected chi connectivity index (χ3v) is 6.99. The van der Waals surface area contributed by atoms with E-state index in [-0.39, 0.29) is 25.5 Å². The molecule has 0 saturated heterocycles. The number of carbonyl (C=O) groups is 2. The number of hydrogen-bond donors (Lipinski definition) is 2. The molecule has 0 bridgehead atoms. The Kier molecular flexibility index (Phi) is 6.33. The fourth-order valence-electron chi connectivity index (χ4n) is 3.00. The minimum absolute atomic E-state index is 0.0685. The van der Waals surface area contributed by atoms with Crippen LogP contribution in [0.2, 0.25) is 0 Å². The van der Waals surface area contributed by atoms with E-state index in [1.54, 1.807) is 13.0 Å². The highest BCUT2D eigenvalue weighted by molar-refractivity contribution is 7.92. The smallest absolute Gasteiger partial charge is 0.465 e. The molecule has 0 saturated carbocycles. The van der Waals surface area contributed by atoms with Crippen molar-refractivity contribution in [3.8, 4) is 0 Å². The topological polar surface area (TPSA) is 121 Å². The number of rotatable bonds is 7. The summed E-state index contributed by atoms with van der Waals surface area (Å²) < 4.78 is 27.5. The molecule has 8 nitrogen and oxygen atoms in total. The second-order valence-electron chi connectivity index (χ2n) is 6.81. The molecule has 1 aliphatic heterocycles. The van der Waals surface area contributed by atoms with Crippen molar-refractivity contribution in [2.24, 2.45) is 0 Å². The molecule has 1 heterocycles. The Bertz CT molecular complexity index is 840. The largest absolute Gasteiger partial charge is 0.488 e. The first-order valence-electron chi connectivity index (χ1n) is 8.66. The molecule has 1 aromatic rings. The zero-order valence-corrected chi connectivity index (χ0v) is 16.5. The summed E-state index contributed by atoms with van der Waals surface area (Å²) in [5, 5.41) is 18.5. The number of sulfone groups is 1. The van der Waals surface area contributed by atoms with Gasteiger partial charge < -0.3 is 19.7 Å². The van der Waals surface area contributed by atoms with Crippen LogP contribution in [-0.2, 0) is 25.8 Å². The van der Waals surface area contributed by atoms with Crippen LogP contribution in [0.4, 0.5) is 0 Å². The summed E-state index contributed by atoms with van der Waals surface area (Å²) in [5.41, 5.74) is 1.45. The van der Waals surface area contributed by atoms with Gasteiger partial charge in [0.25, 0.3) is 5.91 Å². The Labute approximate surface area is 159 Å². The number of esters is 1. The summed E-state index contributed by atoms with van der Waals surface area (Å²) in [6.45, 7) is 3.42. The fraction of sp³-hybridized carbons (Fsp3) is 0.529. The molecule has 1 aromatic carbocycles. The van der Waals surface area contributed by atoms with Crippen LogP contribution in [-0.4, -0.2) is 73.1 Å². The summed E-state index contributed by atoms with van der Waals surface area (Å²) in [4.78, 5) is 26.4. The predicted molar refractivity (Wildman–Crippen MR) is 100 cm³/mol. The normalized spacial score (nSPS) is 16.5. The molecule has 0 aromatic heterocycles. The maximum absolute atomic E-state index is 12.7. The molecule has 0 unspecified atom stereocenters. The van der Waals surface area contributed by atoms with Crippen LogP contribution in [0.15, 0.2) is 18.2 Å². The van der Waals surface area contributed by atoms with Crippen LogP contribution in [0.3, 0.4) is 0 Å². The van der Waals surface area contributed by atoms with Crippen LogP contribution in [0.25, 0.3) is 0 Å². The summed E-state index contributed by atoms with van der Waals surface area (Å²) in [7, 11) is -5.36. The maximum atomic E-state index is 12.7. The number of benzene rings is 1. The molecule has 1 aliphatic rings. The van der Waals surface area contributed by atoms with Gasteiger partial charge in [-0.3, -0.25) is 9.59 Å². The lowest BCUT2D eigenvalue weighted by molar-refractivity contribution is -0.146. The van der Waals surface area contributed by atoms with Crippen molar-refractivity contribution in [3.63, 3.8) is 0 Å². The number of ether oxygens (including phenoxy) is 1. The van der Waals surface area contributed by atoms with Gasteiger partial charge in [-0.1, -0.05) is 12.1 Å². The van der Waals surface area contributed by atoms with Gasteiger partial charge in [-0.15, -0.1) is 0 Å². The van der Waals surface area contributed by atoms with E-state index in [0.29, 0.717) is 29.6 Å². The van der Waals surface area contributed by atoms with Gasteiger partial charge in [-0.2, -0.15) is 0 Å². The Balaban J connectivity index is 2.18. The molecule has 0 radical (unpaired) electrons. The van der Waals surface area contributed by atoms with E-state index >= 15 is 0 Å². The summed E-state index contributed by atoms with van der Waals surface area (Å²) in [5.74, 6) is -1.10. The lowest BCUT2D eigenvalue weighted by atomic mass is 9.78. The van der Waals surface area contributed by atoms with Crippen molar-refractivity contribution >= 4 is 34.3 Å². The van der Waals surface area contributed by atoms with Gasteiger partial charge in [0.15, 0.2) is 14.6 Å². The zero-order chi connectivity index (χ0) is 20.4. The van der Waals surface area contributed by atoms with Gasteiger partial charge in [-0.05, 0) is 43.8 Å². The summed E-state index contributed by atoms with van der Waals surface area (Å²) in [6.07, 6.45) is 1.41. The first-order chi connectivity index (χ1) is 12.5. The van der Waals surface area contributed by atoms with Crippen molar-refractivity contribution in [3.05, 3.63) is 29.3 Å². The molecule has 0 spiro atoms. The van der Waals surface area contributed by atoms with Crippen molar-refractivity contribution in [2.75, 3.05) is 26.0 Å². The standard InChI is InChI=1S/C17H24BNO7S/c1-4-26-16(21)17(2,27(3,24)25)8-10-19-9-7-12-11-13(18(22)23)5-6-14(12)15(19)20/h5-6,11,22-23H,4,7-10H2,1-3H3/t17-/m1/s1. The molecule has 148 valence electrons. The predicted octanol–water partition coefficient (Wildman–Crippen LogP) is -0.879.